The van der Waals surface area contributed by atoms with Crippen molar-refractivity contribution in [3.63, 3.8) is 0 Å². The molecule has 0 heterocycles. The predicted molar refractivity (Wildman–Crippen MR) is 69.8 cm³/mol. The SMILES string of the molecule is CC(C)N(C(=O)c1cccc(N)c1)C1CCC1. The molecule has 1 aliphatic carbocycles. The number of hydrogen-bond donors (Lipinski definition) is 1. The molecule has 3 heteroatoms. The van der Waals surface area contributed by atoms with Crippen LogP contribution in [-0.2, 0) is 0 Å². The average molecular weight is 232 g/mol. The lowest BCUT2D eigenvalue weighted by Crippen LogP contribution is -2.48. The second-order valence-corrected chi connectivity index (χ2v) is 5.02. The molecule has 0 bridgehead atoms. The quantitative estimate of drug-likeness (QED) is 0.814. The summed E-state index contributed by atoms with van der Waals surface area (Å²) < 4.78 is 0. The Labute approximate surface area is 103 Å². The van der Waals surface area contributed by atoms with E-state index in [9.17, 15) is 4.79 Å². The van der Waals surface area contributed by atoms with Crippen LogP contribution in [0.3, 0.4) is 0 Å². The molecule has 0 unspecified atom stereocenters. The Morgan fingerprint density at radius 3 is 2.59 bits per heavy atom. The molecule has 3 nitrogen and oxygen atoms in total. The minimum Gasteiger partial charge on any atom is -0.399 e. The number of anilines is 1. The first-order chi connectivity index (χ1) is 8.09. The fourth-order valence-electron chi connectivity index (χ4n) is 2.31. The van der Waals surface area contributed by atoms with Gasteiger partial charge in [0, 0.05) is 23.3 Å². The highest BCUT2D eigenvalue weighted by molar-refractivity contribution is 5.95. The lowest BCUT2D eigenvalue weighted by molar-refractivity contribution is 0.0489. The summed E-state index contributed by atoms with van der Waals surface area (Å²) in [5.74, 6) is 0.108. The van der Waals surface area contributed by atoms with Crippen molar-refractivity contribution >= 4 is 11.6 Å². The summed E-state index contributed by atoms with van der Waals surface area (Å²) in [6.07, 6.45) is 3.50. The van der Waals surface area contributed by atoms with Gasteiger partial charge in [-0.3, -0.25) is 4.79 Å². The summed E-state index contributed by atoms with van der Waals surface area (Å²) >= 11 is 0. The monoisotopic (exact) mass is 232 g/mol. The van der Waals surface area contributed by atoms with E-state index in [1.54, 1.807) is 12.1 Å². The van der Waals surface area contributed by atoms with Crippen molar-refractivity contribution in [1.29, 1.82) is 0 Å². The molecule has 0 aliphatic heterocycles. The first kappa shape index (κ1) is 12.0. The van der Waals surface area contributed by atoms with Gasteiger partial charge in [0.25, 0.3) is 5.91 Å². The number of hydrogen-bond acceptors (Lipinski definition) is 2. The molecule has 0 aromatic heterocycles. The van der Waals surface area contributed by atoms with Gasteiger partial charge in [-0.25, -0.2) is 0 Å². The van der Waals surface area contributed by atoms with Crippen molar-refractivity contribution < 1.29 is 4.79 Å². The minimum absolute atomic E-state index is 0.108. The van der Waals surface area contributed by atoms with E-state index < -0.39 is 0 Å². The van der Waals surface area contributed by atoms with E-state index in [-0.39, 0.29) is 11.9 Å². The van der Waals surface area contributed by atoms with Gasteiger partial charge < -0.3 is 10.6 Å². The highest BCUT2D eigenvalue weighted by atomic mass is 16.2. The Balaban J connectivity index is 2.21. The second kappa shape index (κ2) is 4.78. The lowest BCUT2D eigenvalue weighted by atomic mass is 9.90. The summed E-state index contributed by atoms with van der Waals surface area (Å²) in [6.45, 7) is 4.14. The smallest absolute Gasteiger partial charge is 0.254 e. The van der Waals surface area contributed by atoms with Crippen molar-refractivity contribution in [3.8, 4) is 0 Å². The van der Waals surface area contributed by atoms with Crippen LogP contribution in [0.15, 0.2) is 24.3 Å². The van der Waals surface area contributed by atoms with Gasteiger partial charge in [0.05, 0.1) is 0 Å². The first-order valence-corrected chi connectivity index (χ1v) is 6.28. The van der Waals surface area contributed by atoms with Crippen LogP contribution < -0.4 is 5.73 Å². The summed E-state index contributed by atoms with van der Waals surface area (Å²) in [6, 6.07) is 7.91. The number of carbonyl (C=O) groups is 1. The molecular weight excluding hydrogens is 212 g/mol. The van der Waals surface area contributed by atoms with Gasteiger partial charge in [0.15, 0.2) is 0 Å². The molecule has 1 fully saturated rings. The van der Waals surface area contributed by atoms with Gasteiger partial charge in [-0.15, -0.1) is 0 Å². The molecule has 0 atom stereocenters. The van der Waals surface area contributed by atoms with E-state index in [1.807, 2.05) is 17.0 Å². The number of carbonyl (C=O) groups excluding carboxylic acids is 1. The van der Waals surface area contributed by atoms with Crippen molar-refractivity contribution in [3.05, 3.63) is 29.8 Å². The number of benzene rings is 1. The van der Waals surface area contributed by atoms with Gasteiger partial charge in [-0.1, -0.05) is 6.07 Å². The van der Waals surface area contributed by atoms with Crippen LogP contribution in [0.4, 0.5) is 5.69 Å². The van der Waals surface area contributed by atoms with Crippen LogP contribution in [-0.4, -0.2) is 22.9 Å². The summed E-state index contributed by atoms with van der Waals surface area (Å²) in [7, 11) is 0. The molecule has 1 aromatic rings. The molecule has 1 amide bonds. The largest absolute Gasteiger partial charge is 0.399 e. The lowest BCUT2D eigenvalue weighted by Gasteiger charge is -2.40. The fraction of sp³-hybridized carbons (Fsp3) is 0.500. The topological polar surface area (TPSA) is 46.3 Å². The predicted octanol–water partition coefficient (Wildman–Crippen LogP) is 2.67. The Hall–Kier alpha value is -1.51. The highest BCUT2D eigenvalue weighted by Gasteiger charge is 2.31. The summed E-state index contributed by atoms with van der Waals surface area (Å²) in [5, 5.41) is 0. The number of amides is 1. The van der Waals surface area contributed by atoms with E-state index in [0.717, 1.165) is 12.8 Å². The standard InChI is InChI=1S/C14H20N2O/c1-10(2)16(13-7-4-8-13)14(17)11-5-3-6-12(15)9-11/h3,5-6,9-10,13H,4,7-8,15H2,1-2H3. The van der Waals surface area contributed by atoms with Gasteiger partial charge in [0.2, 0.25) is 0 Å². The van der Waals surface area contributed by atoms with E-state index in [2.05, 4.69) is 13.8 Å². The molecule has 2 N–H and O–H groups in total. The Bertz CT molecular complexity index is 410. The maximum atomic E-state index is 12.4. The van der Waals surface area contributed by atoms with Crippen LogP contribution in [0.1, 0.15) is 43.5 Å². The van der Waals surface area contributed by atoms with Crippen LogP contribution in [0, 0.1) is 0 Å². The van der Waals surface area contributed by atoms with Gasteiger partial charge in [-0.05, 0) is 51.3 Å². The molecular formula is C14H20N2O. The molecule has 0 radical (unpaired) electrons. The third-order valence-electron chi connectivity index (χ3n) is 3.39. The number of nitrogen functional groups attached to an aromatic ring is 1. The molecule has 2 rings (SSSR count). The zero-order valence-corrected chi connectivity index (χ0v) is 10.5. The molecule has 17 heavy (non-hydrogen) atoms. The Morgan fingerprint density at radius 2 is 2.12 bits per heavy atom. The van der Waals surface area contributed by atoms with Crippen LogP contribution >= 0.6 is 0 Å². The summed E-state index contributed by atoms with van der Waals surface area (Å²) in [4.78, 5) is 14.4. The van der Waals surface area contributed by atoms with Crippen molar-refractivity contribution in [1.82, 2.24) is 4.90 Å². The van der Waals surface area contributed by atoms with E-state index in [1.165, 1.54) is 6.42 Å². The second-order valence-electron chi connectivity index (χ2n) is 5.02. The number of nitrogens with two attached hydrogens (primary N) is 1. The van der Waals surface area contributed by atoms with Gasteiger partial charge in [0.1, 0.15) is 0 Å². The minimum atomic E-state index is 0.108. The van der Waals surface area contributed by atoms with Crippen molar-refractivity contribution in [2.75, 3.05) is 5.73 Å². The van der Waals surface area contributed by atoms with Crippen LogP contribution in [0.2, 0.25) is 0 Å². The molecule has 92 valence electrons. The zero-order valence-electron chi connectivity index (χ0n) is 10.5. The van der Waals surface area contributed by atoms with Crippen LogP contribution in [0.5, 0.6) is 0 Å². The van der Waals surface area contributed by atoms with E-state index in [4.69, 9.17) is 5.73 Å². The highest BCUT2D eigenvalue weighted by Crippen LogP contribution is 2.28. The average Bonchev–Trinajstić information content (AvgIpc) is 2.21. The van der Waals surface area contributed by atoms with E-state index in [0.29, 0.717) is 17.3 Å². The fourth-order valence-corrected chi connectivity index (χ4v) is 2.31. The Kier molecular flexibility index (Phi) is 3.36. The van der Waals surface area contributed by atoms with Gasteiger partial charge in [-0.2, -0.15) is 0 Å². The maximum Gasteiger partial charge on any atom is 0.254 e. The van der Waals surface area contributed by atoms with Crippen molar-refractivity contribution in [2.45, 2.75) is 45.2 Å². The third-order valence-corrected chi connectivity index (χ3v) is 3.39. The molecule has 1 saturated carbocycles. The zero-order chi connectivity index (χ0) is 12.4. The summed E-state index contributed by atoms with van der Waals surface area (Å²) in [5.41, 5.74) is 7.07. The molecule has 1 aliphatic rings. The van der Waals surface area contributed by atoms with Crippen LogP contribution in [0.25, 0.3) is 0 Å². The van der Waals surface area contributed by atoms with Crippen molar-refractivity contribution in [2.24, 2.45) is 0 Å². The molecule has 0 spiro atoms. The van der Waals surface area contributed by atoms with E-state index >= 15 is 0 Å². The molecule has 0 saturated heterocycles. The third kappa shape index (κ3) is 2.43. The first-order valence-electron chi connectivity index (χ1n) is 6.28. The number of nitrogens with zero attached hydrogens (tertiary/aromatic N) is 1. The van der Waals surface area contributed by atoms with Gasteiger partial charge >= 0.3 is 0 Å². The normalized spacial score (nSPS) is 15.7. The number of rotatable bonds is 3. The maximum absolute atomic E-state index is 12.4. The molecule has 1 aromatic carbocycles. The Morgan fingerprint density at radius 1 is 1.41 bits per heavy atom.